The lowest BCUT2D eigenvalue weighted by Gasteiger charge is -2.11. The normalized spacial score (nSPS) is 12.6. The topological polar surface area (TPSA) is 44.8 Å². The van der Waals surface area contributed by atoms with Gasteiger partial charge in [-0.3, -0.25) is 4.79 Å². The smallest absolute Gasteiger partial charge is 0.185 e. The molecule has 0 radical (unpaired) electrons. The highest BCUT2D eigenvalue weighted by molar-refractivity contribution is 8.13. The maximum atomic E-state index is 10.7. The van der Waals surface area contributed by atoms with E-state index in [9.17, 15) is 4.79 Å². The number of thioether (sulfide) groups is 1. The van der Waals surface area contributed by atoms with Crippen LogP contribution >= 0.6 is 11.8 Å². The minimum absolute atomic E-state index is 0.190. The summed E-state index contributed by atoms with van der Waals surface area (Å²) in [6, 6.07) is 0. The van der Waals surface area contributed by atoms with Gasteiger partial charge in [0.05, 0.1) is 19.3 Å². The van der Waals surface area contributed by atoms with Gasteiger partial charge in [0.2, 0.25) is 0 Å². The van der Waals surface area contributed by atoms with E-state index in [0.717, 1.165) is 44.8 Å². The fourth-order valence-electron chi connectivity index (χ4n) is 1.46. The molecule has 0 spiro atoms. The molecule has 5 heteroatoms. The second-order valence-corrected chi connectivity index (χ2v) is 5.60. The van der Waals surface area contributed by atoms with Crippen LogP contribution in [0.15, 0.2) is 0 Å². The first-order chi connectivity index (χ1) is 9.16. The van der Waals surface area contributed by atoms with Crippen molar-refractivity contribution in [1.29, 1.82) is 0 Å². The van der Waals surface area contributed by atoms with Crippen molar-refractivity contribution in [1.82, 2.24) is 0 Å². The molecule has 0 bridgehead atoms. The summed E-state index contributed by atoms with van der Waals surface area (Å²) in [5, 5.41) is 0.190. The molecule has 1 unspecified atom stereocenters. The molecule has 0 amide bonds. The first-order valence-corrected chi connectivity index (χ1v) is 8.05. The Morgan fingerprint density at radius 2 is 1.79 bits per heavy atom. The van der Waals surface area contributed by atoms with E-state index in [2.05, 4.69) is 6.92 Å². The zero-order chi connectivity index (χ0) is 14.3. The standard InChI is InChI=1S/C14H28O4S/c1-4-18-13(2)7-9-17-11-10-16-8-5-6-12-19-14(3)15/h13H,4-12H2,1-3H3. The molecule has 1 atom stereocenters. The van der Waals surface area contributed by atoms with E-state index in [0.29, 0.717) is 13.2 Å². The minimum Gasteiger partial charge on any atom is -0.379 e. The molecule has 0 aromatic carbocycles. The average molecular weight is 292 g/mol. The molecule has 0 aromatic rings. The number of unbranched alkanes of at least 4 members (excludes halogenated alkanes) is 1. The number of rotatable bonds is 13. The van der Waals surface area contributed by atoms with Crippen LogP contribution in [0.25, 0.3) is 0 Å². The highest BCUT2D eigenvalue weighted by atomic mass is 32.2. The molecule has 0 aliphatic rings. The number of carbonyl (C=O) groups excluding carboxylic acids is 1. The Bertz CT molecular complexity index is 212. The van der Waals surface area contributed by atoms with Gasteiger partial charge in [0.25, 0.3) is 0 Å². The van der Waals surface area contributed by atoms with Gasteiger partial charge in [-0.2, -0.15) is 0 Å². The number of hydrogen-bond acceptors (Lipinski definition) is 5. The summed E-state index contributed by atoms with van der Waals surface area (Å²) in [5.74, 6) is 0.893. The van der Waals surface area contributed by atoms with Crippen molar-refractivity contribution < 1.29 is 19.0 Å². The van der Waals surface area contributed by atoms with Gasteiger partial charge >= 0.3 is 0 Å². The summed E-state index contributed by atoms with van der Waals surface area (Å²) >= 11 is 1.38. The third-order valence-corrected chi connectivity index (χ3v) is 3.38. The fraction of sp³-hybridized carbons (Fsp3) is 0.929. The Morgan fingerprint density at radius 1 is 1.11 bits per heavy atom. The van der Waals surface area contributed by atoms with Crippen LogP contribution in [0.3, 0.4) is 0 Å². The zero-order valence-corrected chi connectivity index (χ0v) is 13.3. The first kappa shape index (κ1) is 18.9. The van der Waals surface area contributed by atoms with E-state index in [1.165, 1.54) is 11.8 Å². The summed E-state index contributed by atoms with van der Waals surface area (Å²) in [5.41, 5.74) is 0. The van der Waals surface area contributed by atoms with E-state index < -0.39 is 0 Å². The summed E-state index contributed by atoms with van der Waals surface area (Å²) in [6.07, 6.45) is 3.22. The van der Waals surface area contributed by atoms with Crippen LogP contribution in [0.4, 0.5) is 0 Å². The van der Waals surface area contributed by atoms with Crippen molar-refractivity contribution in [2.75, 3.05) is 38.8 Å². The molecular formula is C14H28O4S. The summed E-state index contributed by atoms with van der Waals surface area (Å²) in [6.45, 7) is 9.17. The molecule has 0 heterocycles. The van der Waals surface area contributed by atoms with Crippen molar-refractivity contribution >= 4 is 16.9 Å². The zero-order valence-electron chi connectivity index (χ0n) is 12.5. The lowest BCUT2D eigenvalue weighted by Crippen LogP contribution is -2.13. The van der Waals surface area contributed by atoms with Crippen molar-refractivity contribution in [3.05, 3.63) is 0 Å². The first-order valence-electron chi connectivity index (χ1n) is 7.07. The van der Waals surface area contributed by atoms with Gasteiger partial charge in [0.15, 0.2) is 5.12 Å². The van der Waals surface area contributed by atoms with Crippen molar-refractivity contribution in [2.45, 2.75) is 46.1 Å². The van der Waals surface area contributed by atoms with Gasteiger partial charge in [-0.05, 0) is 33.1 Å². The minimum atomic E-state index is 0.190. The lowest BCUT2D eigenvalue weighted by atomic mass is 10.3. The SMILES string of the molecule is CCOC(C)CCOCCOCCCCSC(C)=O. The molecule has 0 aliphatic carbocycles. The number of ether oxygens (including phenoxy) is 3. The van der Waals surface area contributed by atoms with Gasteiger partial charge in [-0.1, -0.05) is 11.8 Å². The maximum absolute atomic E-state index is 10.7. The van der Waals surface area contributed by atoms with Gasteiger partial charge in [-0.25, -0.2) is 0 Å². The van der Waals surface area contributed by atoms with Crippen LogP contribution in [0.2, 0.25) is 0 Å². The predicted octanol–water partition coefficient (Wildman–Crippen LogP) is 2.89. The second-order valence-electron chi connectivity index (χ2n) is 4.33. The van der Waals surface area contributed by atoms with Crippen LogP contribution in [0.5, 0.6) is 0 Å². The molecule has 0 saturated carbocycles. The third-order valence-electron chi connectivity index (χ3n) is 2.48. The van der Waals surface area contributed by atoms with Crippen LogP contribution in [0.1, 0.15) is 40.0 Å². The Labute approximate surface area is 121 Å². The molecule has 19 heavy (non-hydrogen) atoms. The molecule has 0 aliphatic heterocycles. The Balaban J connectivity index is 3.04. The van der Waals surface area contributed by atoms with E-state index in [1.54, 1.807) is 6.92 Å². The number of carbonyl (C=O) groups is 1. The maximum Gasteiger partial charge on any atom is 0.185 e. The average Bonchev–Trinajstić information content (AvgIpc) is 2.36. The molecular weight excluding hydrogens is 264 g/mol. The van der Waals surface area contributed by atoms with Gasteiger partial charge in [-0.15, -0.1) is 0 Å². The van der Waals surface area contributed by atoms with Crippen LogP contribution in [0, 0.1) is 0 Å². The van der Waals surface area contributed by atoms with Crippen molar-refractivity contribution in [2.24, 2.45) is 0 Å². The largest absolute Gasteiger partial charge is 0.379 e. The van der Waals surface area contributed by atoms with Crippen molar-refractivity contribution in [3.63, 3.8) is 0 Å². The fourth-order valence-corrected chi connectivity index (χ4v) is 2.10. The van der Waals surface area contributed by atoms with E-state index >= 15 is 0 Å². The van der Waals surface area contributed by atoms with Gasteiger partial charge in [0, 0.05) is 32.5 Å². The molecule has 0 rings (SSSR count). The third kappa shape index (κ3) is 15.8. The Kier molecular flexibility index (Phi) is 14.2. The summed E-state index contributed by atoms with van der Waals surface area (Å²) in [4.78, 5) is 10.7. The molecule has 4 nitrogen and oxygen atoms in total. The van der Waals surface area contributed by atoms with Gasteiger partial charge < -0.3 is 14.2 Å². The highest BCUT2D eigenvalue weighted by Crippen LogP contribution is 2.05. The highest BCUT2D eigenvalue weighted by Gasteiger charge is 2.00. The van der Waals surface area contributed by atoms with E-state index in [1.807, 2.05) is 6.92 Å². The number of hydrogen-bond donors (Lipinski definition) is 0. The van der Waals surface area contributed by atoms with E-state index in [4.69, 9.17) is 14.2 Å². The van der Waals surface area contributed by atoms with Gasteiger partial charge in [0.1, 0.15) is 0 Å². The summed E-state index contributed by atoms with van der Waals surface area (Å²) in [7, 11) is 0. The second kappa shape index (κ2) is 14.3. The molecule has 0 N–H and O–H groups in total. The molecule has 0 aromatic heterocycles. The Morgan fingerprint density at radius 3 is 2.42 bits per heavy atom. The van der Waals surface area contributed by atoms with Crippen LogP contribution in [-0.2, 0) is 19.0 Å². The lowest BCUT2D eigenvalue weighted by molar-refractivity contribution is -0.109. The van der Waals surface area contributed by atoms with Crippen LogP contribution in [-0.4, -0.2) is 50.0 Å². The summed E-state index contributed by atoms with van der Waals surface area (Å²) < 4.78 is 16.3. The monoisotopic (exact) mass is 292 g/mol. The predicted molar refractivity (Wildman–Crippen MR) is 79.7 cm³/mol. The molecule has 114 valence electrons. The molecule has 0 saturated heterocycles. The van der Waals surface area contributed by atoms with Crippen molar-refractivity contribution in [3.8, 4) is 0 Å². The van der Waals surface area contributed by atoms with Crippen LogP contribution < -0.4 is 0 Å². The Hall–Kier alpha value is -0.100. The quantitative estimate of drug-likeness (QED) is 0.488. The molecule has 0 fully saturated rings. The van der Waals surface area contributed by atoms with E-state index in [-0.39, 0.29) is 11.2 Å².